The molecule has 1 spiro atoms. The molecule has 3 rings (SSSR count). The number of urea groups is 1. The van der Waals surface area contributed by atoms with Gasteiger partial charge >= 0.3 is 6.03 Å². The fourth-order valence-corrected chi connectivity index (χ4v) is 3.27. The number of imide groups is 1. The highest BCUT2D eigenvalue weighted by molar-refractivity contribution is 6.07. The lowest BCUT2D eigenvalue weighted by molar-refractivity contribution is -0.128. The van der Waals surface area contributed by atoms with Crippen molar-refractivity contribution in [2.45, 2.75) is 44.2 Å². The molecule has 4 nitrogen and oxygen atoms in total. The molecule has 0 aromatic heterocycles. The van der Waals surface area contributed by atoms with Crippen molar-refractivity contribution in [3.8, 4) is 0 Å². The van der Waals surface area contributed by atoms with Crippen LogP contribution >= 0.6 is 0 Å². The summed E-state index contributed by atoms with van der Waals surface area (Å²) in [6, 6.07) is 5.81. The minimum absolute atomic E-state index is 0.196. The quantitative estimate of drug-likeness (QED) is 0.844. The molecule has 0 atom stereocenters. The van der Waals surface area contributed by atoms with E-state index in [-0.39, 0.29) is 24.3 Å². The highest BCUT2D eigenvalue weighted by atomic mass is 19.1. The molecule has 1 aromatic rings. The standard InChI is InChI=1S/C15H17FN2O2/c16-12-6-4-5-11(9-12)10-18-14(20)17-13(19)15(18)7-2-1-3-8-15/h4-6,9H,1-3,7-8,10H2,(H,17,19,20). The van der Waals surface area contributed by atoms with E-state index < -0.39 is 5.54 Å². The molecule has 1 aliphatic carbocycles. The van der Waals surface area contributed by atoms with E-state index in [2.05, 4.69) is 5.32 Å². The maximum Gasteiger partial charge on any atom is 0.325 e. The Morgan fingerprint density at radius 2 is 1.95 bits per heavy atom. The first kappa shape index (κ1) is 13.1. The molecule has 5 heteroatoms. The van der Waals surface area contributed by atoms with Gasteiger partial charge in [-0.1, -0.05) is 31.4 Å². The fourth-order valence-electron chi connectivity index (χ4n) is 3.27. The van der Waals surface area contributed by atoms with Gasteiger partial charge in [0.2, 0.25) is 0 Å². The summed E-state index contributed by atoms with van der Waals surface area (Å²) in [6.45, 7) is 0.273. The van der Waals surface area contributed by atoms with Crippen molar-refractivity contribution in [3.63, 3.8) is 0 Å². The number of hydrogen-bond acceptors (Lipinski definition) is 2. The van der Waals surface area contributed by atoms with Crippen molar-refractivity contribution in [3.05, 3.63) is 35.6 Å². The molecule has 1 saturated carbocycles. The number of hydrogen-bond donors (Lipinski definition) is 1. The molecular weight excluding hydrogens is 259 g/mol. The van der Waals surface area contributed by atoms with Crippen molar-refractivity contribution in [1.82, 2.24) is 10.2 Å². The summed E-state index contributed by atoms with van der Waals surface area (Å²) in [7, 11) is 0. The lowest BCUT2D eigenvalue weighted by atomic mass is 9.80. The minimum atomic E-state index is -0.721. The molecule has 1 saturated heterocycles. The fraction of sp³-hybridized carbons (Fsp3) is 0.467. The first-order valence-electron chi connectivity index (χ1n) is 6.99. The number of amides is 3. The predicted octanol–water partition coefficient (Wildman–Crippen LogP) is 2.58. The topological polar surface area (TPSA) is 49.4 Å². The molecule has 1 aromatic carbocycles. The summed E-state index contributed by atoms with van der Waals surface area (Å²) in [5, 5.41) is 2.42. The lowest BCUT2D eigenvalue weighted by Gasteiger charge is -2.38. The van der Waals surface area contributed by atoms with Crippen molar-refractivity contribution in [1.29, 1.82) is 0 Å². The molecular formula is C15H17FN2O2. The van der Waals surface area contributed by atoms with Crippen molar-refractivity contribution < 1.29 is 14.0 Å². The van der Waals surface area contributed by atoms with Gasteiger partial charge in [-0.2, -0.15) is 0 Å². The Morgan fingerprint density at radius 3 is 2.65 bits per heavy atom. The maximum atomic E-state index is 13.3. The molecule has 0 unspecified atom stereocenters. The van der Waals surface area contributed by atoms with E-state index in [9.17, 15) is 14.0 Å². The van der Waals surface area contributed by atoms with E-state index in [1.165, 1.54) is 12.1 Å². The Kier molecular flexibility index (Phi) is 3.20. The summed E-state index contributed by atoms with van der Waals surface area (Å²) < 4.78 is 13.3. The van der Waals surface area contributed by atoms with Crippen LogP contribution in [0.3, 0.4) is 0 Å². The highest BCUT2D eigenvalue weighted by Crippen LogP contribution is 2.38. The third-order valence-corrected chi connectivity index (χ3v) is 4.32. The zero-order valence-corrected chi connectivity index (χ0v) is 11.2. The molecule has 1 aliphatic heterocycles. The predicted molar refractivity (Wildman–Crippen MR) is 71.3 cm³/mol. The number of carbonyl (C=O) groups is 2. The Hall–Kier alpha value is -1.91. The summed E-state index contributed by atoms with van der Waals surface area (Å²) in [4.78, 5) is 25.8. The van der Waals surface area contributed by atoms with E-state index in [0.717, 1.165) is 19.3 Å². The van der Waals surface area contributed by atoms with Crippen molar-refractivity contribution >= 4 is 11.9 Å². The number of nitrogens with zero attached hydrogens (tertiary/aromatic N) is 1. The van der Waals surface area contributed by atoms with Crippen LogP contribution in [0.15, 0.2) is 24.3 Å². The van der Waals surface area contributed by atoms with Crippen molar-refractivity contribution in [2.75, 3.05) is 0 Å². The van der Waals surface area contributed by atoms with Crippen LogP contribution in [-0.4, -0.2) is 22.4 Å². The summed E-state index contributed by atoms with van der Waals surface area (Å²) in [6.07, 6.45) is 4.37. The number of rotatable bonds is 2. The van der Waals surface area contributed by atoms with Gasteiger partial charge in [-0.05, 0) is 30.5 Å². The average molecular weight is 276 g/mol. The second kappa shape index (κ2) is 4.89. The zero-order valence-electron chi connectivity index (χ0n) is 11.2. The zero-order chi connectivity index (χ0) is 14.2. The number of benzene rings is 1. The van der Waals surface area contributed by atoms with Gasteiger partial charge in [-0.15, -0.1) is 0 Å². The normalized spacial score (nSPS) is 21.4. The number of halogens is 1. The van der Waals surface area contributed by atoms with Gasteiger partial charge < -0.3 is 4.90 Å². The third-order valence-electron chi connectivity index (χ3n) is 4.32. The monoisotopic (exact) mass is 276 g/mol. The van der Waals surface area contributed by atoms with E-state index in [0.29, 0.717) is 18.4 Å². The second-order valence-electron chi connectivity index (χ2n) is 5.57. The summed E-state index contributed by atoms with van der Waals surface area (Å²) in [5.41, 5.74) is -0.0124. The van der Waals surface area contributed by atoms with Crippen LogP contribution in [0, 0.1) is 5.82 Å². The molecule has 2 fully saturated rings. The van der Waals surface area contributed by atoms with Crippen LogP contribution in [-0.2, 0) is 11.3 Å². The Morgan fingerprint density at radius 1 is 1.20 bits per heavy atom. The Bertz CT molecular complexity index is 553. The maximum absolute atomic E-state index is 13.3. The molecule has 1 heterocycles. The third kappa shape index (κ3) is 2.07. The van der Waals surface area contributed by atoms with E-state index in [4.69, 9.17) is 0 Å². The van der Waals surface area contributed by atoms with Gasteiger partial charge in [-0.3, -0.25) is 10.1 Å². The molecule has 3 amide bonds. The van der Waals surface area contributed by atoms with Gasteiger partial charge in [0.05, 0.1) is 0 Å². The molecule has 1 N–H and O–H groups in total. The SMILES string of the molecule is O=C1NC(=O)C2(CCCCC2)N1Cc1cccc(F)c1. The Labute approximate surface area is 117 Å². The second-order valence-corrected chi connectivity index (χ2v) is 5.57. The van der Waals surface area contributed by atoms with Gasteiger partial charge in [-0.25, -0.2) is 9.18 Å². The van der Waals surface area contributed by atoms with Crippen LogP contribution in [0.4, 0.5) is 9.18 Å². The summed E-state index contributed by atoms with van der Waals surface area (Å²) >= 11 is 0. The van der Waals surface area contributed by atoms with Crippen LogP contribution in [0.2, 0.25) is 0 Å². The molecule has 2 aliphatic rings. The van der Waals surface area contributed by atoms with Gasteiger partial charge in [0.25, 0.3) is 5.91 Å². The van der Waals surface area contributed by atoms with Gasteiger partial charge in [0, 0.05) is 6.54 Å². The van der Waals surface area contributed by atoms with E-state index in [1.807, 2.05) is 0 Å². The van der Waals surface area contributed by atoms with Gasteiger partial charge in [0.1, 0.15) is 11.4 Å². The van der Waals surface area contributed by atoms with E-state index in [1.54, 1.807) is 17.0 Å². The number of nitrogens with one attached hydrogen (secondary N) is 1. The molecule has 0 radical (unpaired) electrons. The smallest absolute Gasteiger partial charge is 0.305 e. The summed E-state index contributed by atoms with van der Waals surface area (Å²) in [5.74, 6) is -0.523. The van der Waals surface area contributed by atoms with Crippen LogP contribution in [0.1, 0.15) is 37.7 Å². The van der Waals surface area contributed by atoms with Gasteiger partial charge in [0.15, 0.2) is 0 Å². The van der Waals surface area contributed by atoms with Crippen LogP contribution in [0.25, 0.3) is 0 Å². The first-order valence-corrected chi connectivity index (χ1v) is 6.99. The van der Waals surface area contributed by atoms with Crippen molar-refractivity contribution in [2.24, 2.45) is 0 Å². The molecule has 106 valence electrons. The molecule has 20 heavy (non-hydrogen) atoms. The highest BCUT2D eigenvalue weighted by Gasteiger charge is 2.52. The minimum Gasteiger partial charge on any atom is -0.305 e. The lowest BCUT2D eigenvalue weighted by Crippen LogP contribution is -2.50. The van der Waals surface area contributed by atoms with Crippen LogP contribution < -0.4 is 5.32 Å². The largest absolute Gasteiger partial charge is 0.325 e. The van der Waals surface area contributed by atoms with Crippen LogP contribution in [0.5, 0.6) is 0 Å². The number of carbonyl (C=O) groups excluding carboxylic acids is 2. The Balaban J connectivity index is 1.89. The van der Waals surface area contributed by atoms with E-state index >= 15 is 0 Å². The average Bonchev–Trinajstić information content (AvgIpc) is 2.65. The molecule has 0 bridgehead atoms. The first-order chi connectivity index (χ1) is 9.62.